The normalized spacial score (nSPS) is 15.0. The van der Waals surface area contributed by atoms with Crippen molar-refractivity contribution in [3.8, 4) is 5.75 Å². The van der Waals surface area contributed by atoms with Crippen LogP contribution in [0, 0.1) is 6.92 Å². The van der Waals surface area contributed by atoms with Crippen molar-refractivity contribution in [1.82, 2.24) is 5.32 Å². The quantitative estimate of drug-likeness (QED) is 0.933. The Morgan fingerprint density at radius 3 is 2.67 bits per heavy atom. The first-order chi connectivity index (χ1) is 10.3. The molecule has 1 heterocycles. The van der Waals surface area contributed by atoms with Crippen molar-refractivity contribution in [2.45, 2.75) is 13.5 Å². The average molecular weight is 282 g/mol. The predicted octanol–water partition coefficient (Wildman–Crippen LogP) is 2.98. The fraction of sp³-hybridized carbons (Fsp3) is 0.333. The molecule has 0 atom stereocenters. The van der Waals surface area contributed by atoms with Gasteiger partial charge >= 0.3 is 0 Å². The number of benzene rings is 2. The first-order valence-electron chi connectivity index (χ1n) is 7.56. The molecule has 1 aliphatic heterocycles. The lowest BCUT2D eigenvalue weighted by Gasteiger charge is -2.31. The Balaban J connectivity index is 1.73. The summed E-state index contributed by atoms with van der Waals surface area (Å²) in [4.78, 5) is 2.44. The minimum atomic E-state index is 0.615. The monoisotopic (exact) mass is 282 g/mol. The number of hydrogen-bond donors (Lipinski definition) is 1. The van der Waals surface area contributed by atoms with Gasteiger partial charge in [-0.2, -0.15) is 0 Å². The number of rotatable bonds is 4. The molecular formula is C18H22N2O. The van der Waals surface area contributed by atoms with Crippen LogP contribution in [-0.4, -0.2) is 26.2 Å². The van der Waals surface area contributed by atoms with Gasteiger partial charge in [0.1, 0.15) is 12.4 Å². The van der Waals surface area contributed by atoms with Gasteiger partial charge in [0.2, 0.25) is 0 Å². The second kappa shape index (κ2) is 6.64. The number of para-hydroxylation sites is 1. The van der Waals surface area contributed by atoms with Crippen LogP contribution in [0.2, 0.25) is 0 Å². The Morgan fingerprint density at radius 2 is 1.86 bits per heavy atom. The smallest absolute Gasteiger partial charge is 0.120 e. The van der Waals surface area contributed by atoms with Gasteiger partial charge in [0.25, 0.3) is 0 Å². The summed E-state index contributed by atoms with van der Waals surface area (Å²) in [7, 11) is 0. The summed E-state index contributed by atoms with van der Waals surface area (Å²) in [6.45, 7) is 6.91. The topological polar surface area (TPSA) is 24.5 Å². The highest BCUT2D eigenvalue weighted by atomic mass is 16.5. The van der Waals surface area contributed by atoms with E-state index in [1.54, 1.807) is 0 Å². The molecule has 2 aromatic carbocycles. The first-order valence-corrected chi connectivity index (χ1v) is 7.56. The van der Waals surface area contributed by atoms with Crippen LogP contribution in [0.1, 0.15) is 11.1 Å². The molecule has 1 fully saturated rings. The molecule has 0 bridgehead atoms. The van der Waals surface area contributed by atoms with E-state index in [0.717, 1.165) is 31.9 Å². The summed E-state index contributed by atoms with van der Waals surface area (Å²) < 4.78 is 5.96. The van der Waals surface area contributed by atoms with Crippen LogP contribution < -0.4 is 15.0 Å². The number of hydrogen-bond acceptors (Lipinski definition) is 3. The van der Waals surface area contributed by atoms with E-state index >= 15 is 0 Å². The molecule has 3 nitrogen and oxygen atoms in total. The van der Waals surface area contributed by atoms with Gasteiger partial charge in [-0.05, 0) is 30.7 Å². The van der Waals surface area contributed by atoms with Crippen molar-refractivity contribution in [3.05, 3.63) is 59.7 Å². The molecule has 0 aliphatic carbocycles. The van der Waals surface area contributed by atoms with Gasteiger partial charge < -0.3 is 15.0 Å². The summed E-state index contributed by atoms with van der Waals surface area (Å²) in [6, 6.07) is 16.8. The molecule has 0 aromatic heterocycles. The molecule has 0 saturated carbocycles. The first kappa shape index (κ1) is 14.0. The van der Waals surface area contributed by atoms with Crippen LogP contribution in [0.5, 0.6) is 5.75 Å². The number of nitrogens with zero attached hydrogens (tertiary/aromatic N) is 1. The van der Waals surface area contributed by atoms with Crippen molar-refractivity contribution in [1.29, 1.82) is 0 Å². The van der Waals surface area contributed by atoms with E-state index < -0.39 is 0 Å². The lowest BCUT2D eigenvalue weighted by atomic mass is 10.1. The van der Waals surface area contributed by atoms with Gasteiger partial charge in [0.05, 0.1) is 0 Å². The van der Waals surface area contributed by atoms with Crippen molar-refractivity contribution in [2.75, 3.05) is 31.1 Å². The van der Waals surface area contributed by atoms with Crippen LogP contribution in [0.4, 0.5) is 5.69 Å². The third-order valence-electron chi connectivity index (χ3n) is 3.83. The van der Waals surface area contributed by atoms with Crippen molar-refractivity contribution >= 4 is 5.69 Å². The van der Waals surface area contributed by atoms with Gasteiger partial charge in [-0.1, -0.05) is 30.3 Å². The maximum absolute atomic E-state index is 5.96. The molecule has 1 saturated heterocycles. The Morgan fingerprint density at radius 1 is 1.05 bits per heavy atom. The van der Waals surface area contributed by atoms with Crippen LogP contribution >= 0.6 is 0 Å². The van der Waals surface area contributed by atoms with Crippen LogP contribution in [0.3, 0.4) is 0 Å². The molecular weight excluding hydrogens is 260 g/mol. The minimum absolute atomic E-state index is 0.615. The highest BCUT2D eigenvalue weighted by molar-refractivity contribution is 5.54. The fourth-order valence-corrected chi connectivity index (χ4v) is 2.71. The van der Waals surface area contributed by atoms with Gasteiger partial charge in [0, 0.05) is 37.4 Å². The molecule has 0 radical (unpaired) electrons. The van der Waals surface area contributed by atoms with Crippen LogP contribution in [-0.2, 0) is 6.61 Å². The van der Waals surface area contributed by atoms with Gasteiger partial charge in [-0.3, -0.25) is 0 Å². The molecule has 0 spiro atoms. The number of ether oxygens (including phenoxy) is 1. The second-order valence-electron chi connectivity index (χ2n) is 5.47. The predicted molar refractivity (Wildman–Crippen MR) is 87.0 cm³/mol. The molecule has 1 N–H and O–H groups in total. The van der Waals surface area contributed by atoms with Crippen LogP contribution in [0.15, 0.2) is 48.5 Å². The molecule has 110 valence electrons. The maximum atomic E-state index is 5.96. The van der Waals surface area contributed by atoms with Crippen molar-refractivity contribution in [3.63, 3.8) is 0 Å². The molecule has 0 unspecified atom stereocenters. The summed E-state index contributed by atoms with van der Waals surface area (Å²) in [5.41, 5.74) is 3.77. The summed E-state index contributed by atoms with van der Waals surface area (Å²) >= 11 is 0. The average Bonchev–Trinajstić information content (AvgIpc) is 2.54. The highest BCUT2D eigenvalue weighted by Gasteiger charge is 2.13. The zero-order chi connectivity index (χ0) is 14.5. The number of anilines is 1. The van der Waals surface area contributed by atoms with Gasteiger partial charge in [-0.25, -0.2) is 0 Å². The van der Waals surface area contributed by atoms with E-state index in [2.05, 4.69) is 53.5 Å². The molecule has 2 aromatic rings. The van der Waals surface area contributed by atoms with E-state index in [4.69, 9.17) is 4.74 Å². The molecule has 3 rings (SSSR count). The summed E-state index contributed by atoms with van der Waals surface area (Å²) in [5, 5.41) is 3.40. The van der Waals surface area contributed by atoms with Gasteiger partial charge in [-0.15, -0.1) is 0 Å². The number of aryl methyl sites for hydroxylation is 1. The third-order valence-corrected chi connectivity index (χ3v) is 3.83. The SMILES string of the molecule is Cc1cccc(OCc2ccccc2N2CCNCC2)c1. The number of piperazine rings is 1. The molecule has 3 heteroatoms. The molecule has 0 amide bonds. The second-order valence-corrected chi connectivity index (χ2v) is 5.47. The Hall–Kier alpha value is -2.00. The summed E-state index contributed by atoms with van der Waals surface area (Å²) in [6.07, 6.45) is 0. The van der Waals surface area contributed by atoms with E-state index in [9.17, 15) is 0 Å². The Labute approximate surface area is 126 Å². The summed E-state index contributed by atoms with van der Waals surface area (Å²) in [5.74, 6) is 0.935. The fourth-order valence-electron chi connectivity index (χ4n) is 2.71. The van der Waals surface area contributed by atoms with E-state index in [0.29, 0.717) is 6.61 Å². The van der Waals surface area contributed by atoms with E-state index in [1.165, 1.54) is 16.8 Å². The van der Waals surface area contributed by atoms with Crippen molar-refractivity contribution < 1.29 is 4.74 Å². The molecule has 21 heavy (non-hydrogen) atoms. The largest absolute Gasteiger partial charge is 0.489 e. The lowest BCUT2D eigenvalue weighted by molar-refractivity contribution is 0.306. The van der Waals surface area contributed by atoms with E-state index in [1.807, 2.05) is 12.1 Å². The maximum Gasteiger partial charge on any atom is 0.120 e. The van der Waals surface area contributed by atoms with Crippen LogP contribution in [0.25, 0.3) is 0 Å². The minimum Gasteiger partial charge on any atom is -0.489 e. The van der Waals surface area contributed by atoms with E-state index in [-0.39, 0.29) is 0 Å². The Kier molecular flexibility index (Phi) is 4.41. The van der Waals surface area contributed by atoms with Crippen molar-refractivity contribution in [2.24, 2.45) is 0 Å². The zero-order valence-corrected chi connectivity index (χ0v) is 12.5. The van der Waals surface area contributed by atoms with Gasteiger partial charge in [0.15, 0.2) is 0 Å². The standard InChI is InChI=1S/C18H22N2O/c1-15-5-4-7-17(13-15)21-14-16-6-2-3-8-18(16)20-11-9-19-10-12-20/h2-8,13,19H,9-12,14H2,1H3. The highest BCUT2D eigenvalue weighted by Crippen LogP contribution is 2.23. The third kappa shape index (κ3) is 3.56. The molecule has 1 aliphatic rings. The lowest BCUT2D eigenvalue weighted by Crippen LogP contribution is -2.43. The number of nitrogens with one attached hydrogen (secondary N) is 1. The zero-order valence-electron chi connectivity index (χ0n) is 12.5. The Bertz CT molecular complexity index is 591.